The first-order valence-electron chi connectivity index (χ1n) is 29.7. The SMILES string of the molecule is CC(C)C[C@@H](CN(CC(N)=O)S(=O)(=O)c1ccc(Cl)cc1)NC(=O)[C@H](CCCCN)NC(=O)[C@H](CCCCN)NC(=O)[C@H](CC(C)C)NC(=O)[C@H](CC(C)C)NC(=O)[C@H](CCCCN)NC(=O)[C@H](CC(C)C)NC(=O)[C@@H](N)Cc1ccccc1. The largest absolute Gasteiger partial charge is 0.369 e. The second-order valence-electron chi connectivity index (χ2n) is 23.5. The number of nitrogens with two attached hydrogens (primary N) is 5. The van der Waals surface area contributed by atoms with E-state index in [2.05, 4.69) is 37.2 Å². The molecule has 0 bridgehead atoms. The number of halogens is 1. The van der Waals surface area contributed by atoms with Gasteiger partial charge in [-0.3, -0.25) is 38.4 Å². The number of carbonyl (C=O) groups excluding carboxylic acids is 8. The van der Waals surface area contributed by atoms with Crippen LogP contribution in [0.2, 0.25) is 5.02 Å². The molecule has 474 valence electrons. The summed E-state index contributed by atoms with van der Waals surface area (Å²) in [5, 5.41) is 20.1. The van der Waals surface area contributed by atoms with Gasteiger partial charge in [-0.1, -0.05) is 97.3 Å². The lowest BCUT2D eigenvalue weighted by Gasteiger charge is -2.30. The van der Waals surface area contributed by atoms with Crippen LogP contribution in [-0.4, -0.2) is 141 Å². The number of sulfonamides is 1. The van der Waals surface area contributed by atoms with Crippen molar-refractivity contribution in [3.63, 3.8) is 0 Å². The van der Waals surface area contributed by atoms with Gasteiger partial charge in [0.15, 0.2) is 0 Å². The lowest BCUT2D eigenvalue weighted by Crippen LogP contribution is -2.60. The third kappa shape index (κ3) is 28.4. The Morgan fingerprint density at radius 1 is 0.476 bits per heavy atom. The van der Waals surface area contributed by atoms with Crippen molar-refractivity contribution in [2.24, 2.45) is 52.3 Å². The molecule has 17 N–H and O–H groups in total. The maximum Gasteiger partial charge on any atom is 0.243 e. The lowest BCUT2D eigenvalue weighted by molar-refractivity contribution is -0.136. The van der Waals surface area contributed by atoms with Crippen molar-refractivity contribution >= 4 is 68.9 Å². The number of nitrogens with one attached hydrogen (secondary N) is 7. The van der Waals surface area contributed by atoms with Gasteiger partial charge < -0.3 is 65.9 Å². The smallest absolute Gasteiger partial charge is 0.243 e. The Kier molecular flexibility index (Phi) is 34.5. The van der Waals surface area contributed by atoms with Crippen molar-refractivity contribution in [2.45, 2.75) is 199 Å². The fraction of sp³-hybridized carbons (Fsp3) is 0.661. The van der Waals surface area contributed by atoms with Crippen LogP contribution in [0.1, 0.15) is 144 Å². The summed E-state index contributed by atoms with van der Waals surface area (Å²) >= 11 is 6.03. The number of unbranched alkanes of at least 4 members (excludes halogenated alkanes) is 3. The molecule has 25 heteroatoms. The summed E-state index contributed by atoms with van der Waals surface area (Å²) in [4.78, 5) is 112. The number of amides is 8. The summed E-state index contributed by atoms with van der Waals surface area (Å²) in [5.41, 5.74) is 30.2. The molecule has 0 aliphatic heterocycles. The van der Waals surface area contributed by atoms with Crippen LogP contribution in [0, 0.1) is 23.7 Å². The van der Waals surface area contributed by atoms with Gasteiger partial charge in [0.2, 0.25) is 57.3 Å². The Morgan fingerprint density at radius 2 is 0.821 bits per heavy atom. The van der Waals surface area contributed by atoms with Crippen LogP contribution < -0.4 is 65.9 Å². The Bertz CT molecular complexity index is 2470. The van der Waals surface area contributed by atoms with E-state index in [4.69, 9.17) is 40.3 Å². The number of nitrogens with zero attached hydrogens (tertiary/aromatic N) is 1. The average Bonchev–Trinajstić information content (AvgIpc) is 3.60. The fourth-order valence-electron chi connectivity index (χ4n) is 9.47. The Hall–Kier alpha value is -5.76. The minimum atomic E-state index is -4.32. The molecule has 8 atom stereocenters. The highest BCUT2D eigenvalue weighted by atomic mass is 35.5. The zero-order valence-corrected chi connectivity index (χ0v) is 52.3. The number of hydrogen-bond donors (Lipinski definition) is 12. The molecule has 0 radical (unpaired) electrons. The molecule has 2 aromatic carbocycles. The first-order chi connectivity index (χ1) is 39.6. The summed E-state index contributed by atoms with van der Waals surface area (Å²) in [7, 11) is -4.32. The summed E-state index contributed by atoms with van der Waals surface area (Å²) < 4.78 is 28.7. The minimum absolute atomic E-state index is 0.0390. The van der Waals surface area contributed by atoms with Gasteiger partial charge in [-0.25, -0.2) is 8.42 Å². The average molecular weight is 1220 g/mol. The molecular formula is C59H100ClN13O10S. The highest BCUT2D eigenvalue weighted by Gasteiger charge is 2.36. The van der Waals surface area contributed by atoms with Gasteiger partial charge in [-0.05, 0) is 163 Å². The van der Waals surface area contributed by atoms with E-state index in [1.54, 1.807) is 0 Å². The second kappa shape index (κ2) is 39.0. The summed E-state index contributed by atoms with van der Waals surface area (Å²) in [6.07, 6.45) is 4.15. The topological polar surface area (TPSA) is 388 Å². The molecule has 0 saturated heterocycles. The molecule has 2 aromatic rings. The van der Waals surface area contributed by atoms with Crippen LogP contribution in [0.25, 0.3) is 0 Å². The highest BCUT2D eigenvalue weighted by Crippen LogP contribution is 2.21. The Balaban J connectivity index is 2.45. The summed E-state index contributed by atoms with van der Waals surface area (Å²) in [6.45, 7) is 14.8. The van der Waals surface area contributed by atoms with Crippen LogP contribution in [0.15, 0.2) is 59.5 Å². The van der Waals surface area contributed by atoms with Crippen molar-refractivity contribution in [3.8, 4) is 0 Å². The zero-order chi connectivity index (χ0) is 63.1. The maximum atomic E-state index is 14.5. The quantitative estimate of drug-likeness (QED) is 0.0425. The maximum absolute atomic E-state index is 14.5. The van der Waals surface area contributed by atoms with E-state index >= 15 is 0 Å². The monoisotopic (exact) mass is 1220 g/mol. The van der Waals surface area contributed by atoms with Crippen molar-refractivity contribution in [1.82, 2.24) is 41.5 Å². The lowest BCUT2D eigenvalue weighted by atomic mass is 9.98. The van der Waals surface area contributed by atoms with Gasteiger partial charge in [0.25, 0.3) is 0 Å². The number of benzene rings is 2. The second-order valence-corrected chi connectivity index (χ2v) is 25.8. The number of carbonyl (C=O) groups is 8. The molecular weight excluding hydrogens is 1120 g/mol. The van der Waals surface area contributed by atoms with E-state index < -0.39 is 112 Å². The third-order valence-corrected chi connectivity index (χ3v) is 15.8. The fourth-order valence-corrected chi connectivity index (χ4v) is 11.0. The molecule has 0 fully saturated rings. The standard InChI is InChI=1S/C59H100ClN13O10S/c1-37(2)30-43(35-73(36-52(65)74)84(82,83)44-25-23-42(60)24-26-44)66-54(76)46(20-12-15-27-61)67-55(77)47(21-13-16-28-62)68-58(80)50(32-39(5)6)72-59(81)51(33-40(7)8)71-56(78)48(22-14-17-29-63)69-57(79)49(31-38(3)4)70-53(75)45(64)34-41-18-10-9-11-19-41/h9-11,18-19,23-26,37-40,43,45-51H,12-17,20-22,27-36,61-64H2,1-8H3,(H2,65,74)(H,66,76)(H,67,77)(H,68,80)(H,69,79)(H,70,75)(H,71,78)(H,72,81)/t43-,45-,46-,47-,48-,49-,50-,51-/m0/s1. The van der Waals surface area contributed by atoms with Gasteiger partial charge in [0.1, 0.15) is 36.3 Å². The first-order valence-corrected chi connectivity index (χ1v) is 31.5. The number of rotatable bonds is 42. The van der Waals surface area contributed by atoms with E-state index in [0.29, 0.717) is 56.6 Å². The molecule has 0 spiro atoms. The van der Waals surface area contributed by atoms with E-state index in [0.717, 1.165) is 9.87 Å². The highest BCUT2D eigenvalue weighted by molar-refractivity contribution is 7.89. The van der Waals surface area contributed by atoms with E-state index in [9.17, 15) is 46.8 Å². The minimum Gasteiger partial charge on any atom is -0.369 e. The number of primary amides is 1. The van der Waals surface area contributed by atoms with Gasteiger partial charge in [0.05, 0.1) is 17.5 Å². The summed E-state index contributed by atoms with van der Waals surface area (Å²) in [5.74, 6) is -5.88. The molecule has 8 amide bonds. The van der Waals surface area contributed by atoms with Crippen LogP contribution in [0.5, 0.6) is 0 Å². The van der Waals surface area contributed by atoms with Crippen LogP contribution in [0.3, 0.4) is 0 Å². The Morgan fingerprint density at radius 3 is 1.18 bits per heavy atom. The third-order valence-electron chi connectivity index (χ3n) is 13.7. The van der Waals surface area contributed by atoms with Crippen molar-refractivity contribution in [2.75, 3.05) is 32.7 Å². The molecule has 0 aliphatic carbocycles. The van der Waals surface area contributed by atoms with Crippen LogP contribution in [0.4, 0.5) is 0 Å². The molecule has 0 saturated carbocycles. The van der Waals surface area contributed by atoms with E-state index in [-0.39, 0.29) is 93.0 Å². The normalized spacial score (nSPS) is 14.6. The van der Waals surface area contributed by atoms with Crippen molar-refractivity contribution < 1.29 is 46.8 Å². The van der Waals surface area contributed by atoms with Gasteiger partial charge in [0, 0.05) is 17.6 Å². The van der Waals surface area contributed by atoms with E-state index in [1.165, 1.54) is 24.3 Å². The molecule has 0 aliphatic rings. The number of hydrogen-bond acceptors (Lipinski definition) is 14. The Labute approximate surface area is 503 Å². The molecule has 23 nitrogen and oxygen atoms in total. The van der Waals surface area contributed by atoms with Crippen molar-refractivity contribution in [3.05, 3.63) is 65.2 Å². The molecule has 0 heterocycles. The first kappa shape index (κ1) is 74.3. The molecule has 84 heavy (non-hydrogen) atoms. The van der Waals surface area contributed by atoms with Gasteiger partial charge in [-0.15, -0.1) is 0 Å². The molecule has 0 unspecified atom stereocenters. The van der Waals surface area contributed by atoms with Gasteiger partial charge >= 0.3 is 0 Å². The predicted octanol–water partition coefficient (Wildman–Crippen LogP) is 2.35. The zero-order valence-electron chi connectivity index (χ0n) is 50.8. The predicted molar refractivity (Wildman–Crippen MR) is 328 cm³/mol. The van der Waals surface area contributed by atoms with Crippen molar-refractivity contribution in [1.29, 1.82) is 0 Å². The van der Waals surface area contributed by atoms with Crippen LogP contribution >= 0.6 is 11.6 Å². The van der Waals surface area contributed by atoms with Gasteiger partial charge in [-0.2, -0.15) is 4.31 Å². The molecule has 0 aromatic heterocycles. The molecule has 2 rings (SSSR count). The summed E-state index contributed by atoms with van der Waals surface area (Å²) in [6, 6.07) is 5.79. The van der Waals surface area contributed by atoms with Crippen LogP contribution in [-0.2, 0) is 54.8 Å². The van der Waals surface area contributed by atoms with E-state index in [1.807, 2.05) is 85.7 Å².